The zero-order valence-electron chi connectivity index (χ0n) is 8.74. The predicted molar refractivity (Wildman–Crippen MR) is 61.0 cm³/mol. The normalized spacial score (nSPS) is 23.1. The largest absolute Gasteiger partial charge is 0.342 e. The highest BCUT2D eigenvalue weighted by molar-refractivity contribution is 7.10. The zero-order valence-corrected chi connectivity index (χ0v) is 9.55. The van der Waals surface area contributed by atoms with Gasteiger partial charge in [-0.2, -0.15) is 0 Å². The standard InChI is InChI=1S/C12H15NOS/c14-11(13-7-1-2-8-13)12(5-6-12)10-4-3-9-15-10/h3-4,9H,1-2,5-8H2. The summed E-state index contributed by atoms with van der Waals surface area (Å²) in [4.78, 5) is 15.7. The van der Waals surface area contributed by atoms with Crippen molar-refractivity contribution in [3.05, 3.63) is 22.4 Å². The molecule has 3 rings (SSSR count). The Morgan fingerprint density at radius 2 is 2.07 bits per heavy atom. The van der Waals surface area contributed by atoms with Gasteiger partial charge in [0, 0.05) is 18.0 Å². The van der Waals surface area contributed by atoms with E-state index in [0.29, 0.717) is 5.91 Å². The average molecular weight is 221 g/mol. The van der Waals surface area contributed by atoms with Crippen molar-refractivity contribution in [2.45, 2.75) is 31.1 Å². The van der Waals surface area contributed by atoms with Gasteiger partial charge >= 0.3 is 0 Å². The first kappa shape index (κ1) is 9.40. The topological polar surface area (TPSA) is 20.3 Å². The molecule has 0 aromatic carbocycles. The molecule has 2 nitrogen and oxygen atoms in total. The molecular formula is C12H15NOS. The molecule has 1 saturated carbocycles. The first-order chi connectivity index (χ1) is 7.33. The molecule has 0 atom stereocenters. The minimum absolute atomic E-state index is 0.0987. The molecule has 0 unspecified atom stereocenters. The fourth-order valence-corrected chi connectivity index (χ4v) is 3.44. The number of hydrogen-bond donors (Lipinski definition) is 0. The highest BCUT2D eigenvalue weighted by Crippen LogP contribution is 2.51. The Labute approximate surface area is 93.9 Å². The lowest BCUT2D eigenvalue weighted by Crippen LogP contribution is -2.36. The Hall–Kier alpha value is -0.830. The van der Waals surface area contributed by atoms with Crippen LogP contribution in [-0.2, 0) is 10.2 Å². The SMILES string of the molecule is O=C(N1CCCC1)C1(c2cccs2)CC1. The number of rotatable bonds is 2. The molecule has 1 aliphatic heterocycles. The lowest BCUT2D eigenvalue weighted by molar-refractivity contribution is -0.132. The summed E-state index contributed by atoms with van der Waals surface area (Å²) >= 11 is 1.73. The third-order valence-electron chi connectivity index (χ3n) is 3.55. The average Bonchev–Trinajstić information content (AvgIpc) is 2.78. The monoisotopic (exact) mass is 221 g/mol. The fraction of sp³-hybridized carbons (Fsp3) is 0.583. The van der Waals surface area contributed by atoms with Crippen LogP contribution in [0.25, 0.3) is 0 Å². The van der Waals surface area contributed by atoms with E-state index in [4.69, 9.17) is 0 Å². The van der Waals surface area contributed by atoms with Crippen LogP contribution in [0.3, 0.4) is 0 Å². The second-order valence-corrected chi connectivity index (χ2v) is 5.51. The number of likely N-dealkylation sites (tertiary alicyclic amines) is 1. The second-order valence-electron chi connectivity index (χ2n) is 4.56. The van der Waals surface area contributed by atoms with Gasteiger partial charge in [-0.05, 0) is 37.1 Å². The molecule has 2 aliphatic rings. The minimum atomic E-state index is -0.0987. The van der Waals surface area contributed by atoms with Gasteiger partial charge in [-0.1, -0.05) is 6.07 Å². The Bertz CT molecular complexity index is 361. The van der Waals surface area contributed by atoms with E-state index < -0.39 is 0 Å². The van der Waals surface area contributed by atoms with Gasteiger partial charge in [-0.3, -0.25) is 4.79 Å². The van der Waals surface area contributed by atoms with Crippen molar-refractivity contribution >= 4 is 17.2 Å². The summed E-state index contributed by atoms with van der Waals surface area (Å²) in [6.07, 6.45) is 4.49. The molecule has 80 valence electrons. The molecule has 2 fully saturated rings. The van der Waals surface area contributed by atoms with Crippen LogP contribution in [0.1, 0.15) is 30.6 Å². The Morgan fingerprint density at radius 3 is 2.60 bits per heavy atom. The summed E-state index contributed by atoms with van der Waals surface area (Å²) in [6.45, 7) is 1.96. The Kier molecular flexibility index (Phi) is 2.09. The van der Waals surface area contributed by atoms with Crippen molar-refractivity contribution in [3.8, 4) is 0 Å². The summed E-state index contributed by atoms with van der Waals surface area (Å²) in [5.74, 6) is 0.391. The van der Waals surface area contributed by atoms with Crippen molar-refractivity contribution in [3.63, 3.8) is 0 Å². The maximum atomic E-state index is 12.4. The number of amides is 1. The summed E-state index contributed by atoms with van der Waals surface area (Å²) in [7, 11) is 0. The fourth-order valence-electron chi connectivity index (χ4n) is 2.46. The maximum Gasteiger partial charge on any atom is 0.234 e. The molecule has 2 heterocycles. The predicted octanol–water partition coefficient (Wildman–Crippen LogP) is 2.40. The highest BCUT2D eigenvalue weighted by Gasteiger charge is 2.53. The van der Waals surface area contributed by atoms with E-state index in [9.17, 15) is 4.79 Å². The minimum Gasteiger partial charge on any atom is -0.342 e. The number of nitrogens with zero attached hydrogens (tertiary/aromatic N) is 1. The quantitative estimate of drug-likeness (QED) is 0.751. The number of carbonyl (C=O) groups excluding carboxylic acids is 1. The van der Waals surface area contributed by atoms with Gasteiger partial charge in [0.25, 0.3) is 0 Å². The van der Waals surface area contributed by atoms with Crippen LogP contribution >= 0.6 is 11.3 Å². The first-order valence-corrected chi connectivity index (χ1v) is 6.54. The van der Waals surface area contributed by atoms with E-state index in [1.807, 2.05) is 0 Å². The van der Waals surface area contributed by atoms with Gasteiger partial charge in [-0.15, -0.1) is 11.3 Å². The molecule has 0 N–H and O–H groups in total. The van der Waals surface area contributed by atoms with Gasteiger partial charge in [0.05, 0.1) is 5.41 Å². The first-order valence-electron chi connectivity index (χ1n) is 5.66. The molecule has 1 aliphatic carbocycles. The van der Waals surface area contributed by atoms with Gasteiger partial charge in [-0.25, -0.2) is 0 Å². The number of thiophene rings is 1. The molecule has 1 aromatic heterocycles. The third-order valence-corrected chi connectivity index (χ3v) is 4.62. The smallest absolute Gasteiger partial charge is 0.234 e. The molecule has 1 amide bonds. The van der Waals surface area contributed by atoms with Crippen LogP contribution in [0.15, 0.2) is 17.5 Å². The molecule has 1 saturated heterocycles. The van der Waals surface area contributed by atoms with Crippen LogP contribution in [-0.4, -0.2) is 23.9 Å². The van der Waals surface area contributed by atoms with Gasteiger partial charge in [0.15, 0.2) is 0 Å². The summed E-state index contributed by atoms with van der Waals surface area (Å²) in [5.41, 5.74) is -0.0987. The molecule has 0 radical (unpaired) electrons. The number of hydrogen-bond acceptors (Lipinski definition) is 2. The van der Waals surface area contributed by atoms with E-state index >= 15 is 0 Å². The molecule has 15 heavy (non-hydrogen) atoms. The van der Waals surface area contributed by atoms with Crippen molar-refractivity contribution < 1.29 is 4.79 Å². The van der Waals surface area contributed by atoms with Crippen LogP contribution in [0, 0.1) is 0 Å². The Morgan fingerprint density at radius 1 is 1.33 bits per heavy atom. The van der Waals surface area contributed by atoms with E-state index in [1.165, 1.54) is 17.7 Å². The number of carbonyl (C=O) groups is 1. The van der Waals surface area contributed by atoms with Crippen LogP contribution in [0.4, 0.5) is 0 Å². The molecule has 3 heteroatoms. The van der Waals surface area contributed by atoms with Gasteiger partial charge in [0.1, 0.15) is 0 Å². The van der Waals surface area contributed by atoms with E-state index in [1.54, 1.807) is 11.3 Å². The summed E-state index contributed by atoms with van der Waals surface area (Å²) in [6, 6.07) is 4.17. The second kappa shape index (κ2) is 3.34. The molecule has 1 aromatic rings. The van der Waals surface area contributed by atoms with Crippen molar-refractivity contribution in [1.29, 1.82) is 0 Å². The lowest BCUT2D eigenvalue weighted by atomic mass is 10.0. The summed E-state index contributed by atoms with van der Waals surface area (Å²) in [5, 5.41) is 2.08. The van der Waals surface area contributed by atoms with Gasteiger partial charge < -0.3 is 4.90 Å². The van der Waals surface area contributed by atoms with Crippen LogP contribution in [0.5, 0.6) is 0 Å². The van der Waals surface area contributed by atoms with Gasteiger partial charge in [0.2, 0.25) is 5.91 Å². The van der Waals surface area contributed by atoms with Crippen molar-refractivity contribution in [1.82, 2.24) is 4.90 Å². The van der Waals surface area contributed by atoms with Crippen LogP contribution in [0.2, 0.25) is 0 Å². The van der Waals surface area contributed by atoms with Crippen molar-refractivity contribution in [2.75, 3.05) is 13.1 Å². The Balaban J connectivity index is 1.84. The molecule has 0 bridgehead atoms. The molecular weight excluding hydrogens is 206 g/mol. The third kappa shape index (κ3) is 1.41. The zero-order chi connectivity index (χ0) is 10.3. The van der Waals surface area contributed by atoms with Crippen molar-refractivity contribution in [2.24, 2.45) is 0 Å². The van der Waals surface area contributed by atoms with E-state index in [2.05, 4.69) is 22.4 Å². The lowest BCUT2D eigenvalue weighted by Gasteiger charge is -2.21. The molecule has 0 spiro atoms. The van der Waals surface area contributed by atoms with E-state index in [-0.39, 0.29) is 5.41 Å². The maximum absolute atomic E-state index is 12.4. The highest BCUT2D eigenvalue weighted by atomic mass is 32.1. The van der Waals surface area contributed by atoms with E-state index in [0.717, 1.165) is 25.9 Å². The summed E-state index contributed by atoms with van der Waals surface area (Å²) < 4.78 is 0. The van der Waals surface area contributed by atoms with Crippen LogP contribution < -0.4 is 0 Å².